The van der Waals surface area contributed by atoms with E-state index in [0.717, 1.165) is 17.1 Å². The van der Waals surface area contributed by atoms with E-state index in [1.165, 1.54) is 0 Å². The van der Waals surface area contributed by atoms with Crippen LogP contribution in [0.25, 0.3) is 28.7 Å². The van der Waals surface area contributed by atoms with Gasteiger partial charge in [-0.15, -0.1) is 5.10 Å². The third kappa shape index (κ3) is 2.65. The highest BCUT2D eigenvalue weighted by atomic mass is 15.4. The van der Waals surface area contributed by atoms with E-state index in [1.807, 2.05) is 72.5 Å². The van der Waals surface area contributed by atoms with Crippen LogP contribution in [0.5, 0.6) is 0 Å². The highest BCUT2D eigenvalue weighted by molar-refractivity contribution is 5.58. The third-order valence-electron chi connectivity index (χ3n) is 3.60. The maximum atomic E-state index is 4.67. The standard InChI is InChI=1S/C18H15N6/c1-23-12-8-14(9-13-23)24-18(16-7-3-5-11-20-16)21-17(22-24)15-6-2-4-10-19-15/h2-13H,1H3/q+1. The topological polar surface area (TPSA) is 60.4 Å². The number of aryl methyl sites for hydroxylation is 1. The summed E-state index contributed by atoms with van der Waals surface area (Å²) in [6.07, 6.45) is 7.43. The molecule has 6 nitrogen and oxygen atoms in total. The van der Waals surface area contributed by atoms with E-state index in [4.69, 9.17) is 0 Å². The molecule has 0 N–H and O–H groups in total. The second-order valence-electron chi connectivity index (χ2n) is 5.32. The Morgan fingerprint density at radius 1 is 0.833 bits per heavy atom. The molecule has 0 aromatic carbocycles. The van der Waals surface area contributed by atoms with E-state index in [2.05, 4.69) is 20.1 Å². The maximum Gasteiger partial charge on any atom is 0.200 e. The van der Waals surface area contributed by atoms with Crippen LogP contribution in [-0.2, 0) is 7.05 Å². The minimum absolute atomic E-state index is 0.574. The smallest absolute Gasteiger partial charge is 0.200 e. The molecule has 0 atom stereocenters. The van der Waals surface area contributed by atoms with Crippen LogP contribution in [0.15, 0.2) is 73.3 Å². The molecule has 0 aliphatic carbocycles. The SMILES string of the molecule is C[n+]1ccc(-n2nc(-c3ccccn3)nc2-c2ccccn2)cc1. The summed E-state index contributed by atoms with van der Waals surface area (Å²) in [6.45, 7) is 0. The zero-order valence-corrected chi connectivity index (χ0v) is 13.1. The molecule has 0 aliphatic heterocycles. The zero-order valence-electron chi connectivity index (χ0n) is 13.1. The highest BCUT2D eigenvalue weighted by Gasteiger charge is 2.16. The number of rotatable bonds is 3. The number of nitrogens with zero attached hydrogens (tertiary/aromatic N) is 6. The fraction of sp³-hybridized carbons (Fsp3) is 0.0556. The van der Waals surface area contributed by atoms with Crippen molar-refractivity contribution in [2.24, 2.45) is 7.05 Å². The minimum Gasteiger partial charge on any atom is -0.253 e. The third-order valence-corrected chi connectivity index (χ3v) is 3.60. The molecule has 0 bridgehead atoms. The van der Waals surface area contributed by atoms with Crippen molar-refractivity contribution in [2.45, 2.75) is 0 Å². The molecular weight excluding hydrogens is 300 g/mol. The number of hydrogen-bond acceptors (Lipinski definition) is 4. The summed E-state index contributed by atoms with van der Waals surface area (Å²) in [4.78, 5) is 13.4. The molecule has 0 saturated carbocycles. The number of pyridine rings is 3. The van der Waals surface area contributed by atoms with Crippen molar-refractivity contribution in [3.05, 3.63) is 73.3 Å². The van der Waals surface area contributed by atoms with Crippen molar-refractivity contribution in [1.29, 1.82) is 0 Å². The monoisotopic (exact) mass is 315 g/mol. The van der Waals surface area contributed by atoms with Gasteiger partial charge in [-0.05, 0) is 24.3 Å². The van der Waals surface area contributed by atoms with E-state index < -0.39 is 0 Å². The van der Waals surface area contributed by atoms with Crippen molar-refractivity contribution in [1.82, 2.24) is 24.7 Å². The van der Waals surface area contributed by atoms with E-state index in [-0.39, 0.29) is 0 Å². The molecule has 0 saturated heterocycles. The second kappa shape index (κ2) is 6.00. The Hall–Kier alpha value is -3.41. The first-order valence-electron chi connectivity index (χ1n) is 7.57. The van der Waals surface area contributed by atoms with Gasteiger partial charge in [0.2, 0.25) is 5.82 Å². The van der Waals surface area contributed by atoms with Crippen molar-refractivity contribution in [3.8, 4) is 28.7 Å². The van der Waals surface area contributed by atoms with Crippen LogP contribution in [-0.4, -0.2) is 24.7 Å². The lowest BCUT2D eigenvalue weighted by Gasteiger charge is -2.03. The molecule has 0 aliphatic rings. The first-order chi connectivity index (χ1) is 11.8. The zero-order chi connectivity index (χ0) is 16.4. The Balaban J connectivity index is 1.90. The highest BCUT2D eigenvalue weighted by Crippen LogP contribution is 2.22. The largest absolute Gasteiger partial charge is 0.253 e. The molecule has 0 fully saturated rings. The molecule has 116 valence electrons. The average Bonchev–Trinajstić information content (AvgIpc) is 3.09. The predicted molar refractivity (Wildman–Crippen MR) is 89.0 cm³/mol. The van der Waals surface area contributed by atoms with Crippen LogP contribution in [0.1, 0.15) is 0 Å². The summed E-state index contributed by atoms with van der Waals surface area (Å²) in [5.41, 5.74) is 2.42. The average molecular weight is 315 g/mol. The van der Waals surface area contributed by atoms with Gasteiger partial charge in [0.15, 0.2) is 18.2 Å². The summed E-state index contributed by atoms with van der Waals surface area (Å²) in [5.74, 6) is 1.26. The maximum absolute atomic E-state index is 4.67. The molecule has 4 aromatic heterocycles. The molecule has 4 rings (SSSR count). The molecule has 4 aromatic rings. The lowest BCUT2D eigenvalue weighted by Crippen LogP contribution is -2.26. The van der Waals surface area contributed by atoms with Gasteiger partial charge in [-0.3, -0.25) is 9.97 Å². The van der Waals surface area contributed by atoms with Crippen LogP contribution in [0, 0.1) is 0 Å². The van der Waals surface area contributed by atoms with Gasteiger partial charge in [0.25, 0.3) is 0 Å². The number of hydrogen-bond donors (Lipinski definition) is 0. The molecular formula is C18H15N6+. The fourth-order valence-electron chi connectivity index (χ4n) is 2.39. The van der Waals surface area contributed by atoms with Gasteiger partial charge in [-0.2, -0.15) is 0 Å². The predicted octanol–water partition coefficient (Wildman–Crippen LogP) is 2.22. The van der Waals surface area contributed by atoms with Gasteiger partial charge in [0.1, 0.15) is 18.4 Å². The Labute approximate surface area is 139 Å². The molecule has 0 radical (unpaired) electrons. The van der Waals surface area contributed by atoms with Crippen molar-refractivity contribution in [3.63, 3.8) is 0 Å². The van der Waals surface area contributed by atoms with Crippen LogP contribution in [0.2, 0.25) is 0 Å². The lowest BCUT2D eigenvalue weighted by atomic mass is 10.3. The summed E-state index contributed by atoms with van der Waals surface area (Å²) in [5, 5.41) is 4.65. The van der Waals surface area contributed by atoms with Gasteiger partial charge in [0.05, 0.1) is 5.69 Å². The van der Waals surface area contributed by atoms with Gasteiger partial charge >= 0.3 is 0 Å². The summed E-state index contributed by atoms with van der Waals surface area (Å²) < 4.78 is 3.77. The van der Waals surface area contributed by atoms with E-state index in [9.17, 15) is 0 Å². The lowest BCUT2D eigenvalue weighted by molar-refractivity contribution is -0.671. The molecule has 4 heterocycles. The van der Waals surface area contributed by atoms with Crippen molar-refractivity contribution in [2.75, 3.05) is 0 Å². The number of aromatic nitrogens is 6. The quantitative estimate of drug-likeness (QED) is 0.544. The van der Waals surface area contributed by atoms with E-state index in [1.54, 1.807) is 17.1 Å². The molecule has 6 heteroatoms. The van der Waals surface area contributed by atoms with Crippen LogP contribution in [0.3, 0.4) is 0 Å². The Morgan fingerprint density at radius 3 is 2.12 bits per heavy atom. The van der Waals surface area contributed by atoms with Crippen molar-refractivity contribution >= 4 is 0 Å². The normalized spacial score (nSPS) is 10.7. The summed E-state index contributed by atoms with van der Waals surface area (Å²) in [6, 6.07) is 15.4. The Morgan fingerprint density at radius 2 is 1.50 bits per heavy atom. The second-order valence-corrected chi connectivity index (χ2v) is 5.32. The summed E-state index contributed by atoms with van der Waals surface area (Å²) >= 11 is 0. The molecule has 0 spiro atoms. The minimum atomic E-state index is 0.574. The Bertz CT molecular complexity index is 946. The molecule has 0 unspecified atom stereocenters. The molecule has 0 amide bonds. The van der Waals surface area contributed by atoms with Crippen LogP contribution >= 0.6 is 0 Å². The van der Waals surface area contributed by atoms with Gasteiger partial charge in [0, 0.05) is 24.5 Å². The summed E-state index contributed by atoms with van der Waals surface area (Å²) in [7, 11) is 1.98. The van der Waals surface area contributed by atoms with Gasteiger partial charge in [-0.25, -0.2) is 14.2 Å². The van der Waals surface area contributed by atoms with Crippen molar-refractivity contribution < 1.29 is 4.57 Å². The van der Waals surface area contributed by atoms with Crippen LogP contribution < -0.4 is 4.57 Å². The van der Waals surface area contributed by atoms with E-state index >= 15 is 0 Å². The first kappa shape index (κ1) is 14.2. The van der Waals surface area contributed by atoms with E-state index in [0.29, 0.717) is 11.6 Å². The first-order valence-corrected chi connectivity index (χ1v) is 7.57. The van der Waals surface area contributed by atoms with Gasteiger partial charge < -0.3 is 0 Å². The fourth-order valence-corrected chi connectivity index (χ4v) is 2.39. The van der Waals surface area contributed by atoms with Crippen LogP contribution in [0.4, 0.5) is 0 Å². The molecule has 24 heavy (non-hydrogen) atoms. The van der Waals surface area contributed by atoms with Gasteiger partial charge in [-0.1, -0.05) is 12.1 Å². The Kier molecular flexibility index (Phi) is 3.55.